The van der Waals surface area contributed by atoms with Gasteiger partial charge >= 0.3 is 0 Å². The summed E-state index contributed by atoms with van der Waals surface area (Å²) in [4.78, 5) is 13.4. The third-order valence-electron chi connectivity index (χ3n) is 3.84. The van der Waals surface area contributed by atoms with Crippen LogP contribution in [0.25, 0.3) is 0 Å². The van der Waals surface area contributed by atoms with Crippen molar-refractivity contribution in [1.29, 1.82) is 0 Å². The van der Waals surface area contributed by atoms with Gasteiger partial charge in [-0.05, 0) is 44.0 Å². The van der Waals surface area contributed by atoms with Gasteiger partial charge in [-0.3, -0.25) is 4.79 Å². The SMILES string of the molecule is CC(Sc1ccc(Cl)cc1)C(=O)NC1(CN)CCCC1.Cl. The van der Waals surface area contributed by atoms with Crippen LogP contribution in [0.2, 0.25) is 5.02 Å². The Labute approximate surface area is 141 Å². The van der Waals surface area contributed by atoms with E-state index in [0.717, 1.165) is 30.6 Å². The second-order valence-corrected chi connectivity index (χ2v) is 7.25. The third kappa shape index (κ3) is 5.06. The summed E-state index contributed by atoms with van der Waals surface area (Å²) in [6.45, 7) is 2.45. The molecule has 6 heteroatoms. The lowest BCUT2D eigenvalue weighted by molar-refractivity contribution is -0.122. The van der Waals surface area contributed by atoms with Crippen LogP contribution >= 0.6 is 35.8 Å². The van der Waals surface area contributed by atoms with Gasteiger partial charge in [0.25, 0.3) is 0 Å². The smallest absolute Gasteiger partial charge is 0.233 e. The van der Waals surface area contributed by atoms with Crippen molar-refractivity contribution in [3.63, 3.8) is 0 Å². The summed E-state index contributed by atoms with van der Waals surface area (Å²) in [6, 6.07) is 7.55. The van der Waals surface area contributed by atoms with Crippen LogP contribution in [0.5, 0.6) is 0 Å². The van der Waals surface area contributed by atoms with Crippen LogP contribution in [0.4, 0.5) is 0 Å². The number of halogens is 2. The molecule has 1 aromatic rings. The van der Waals surface area contributed by atoms with Crippen molar-refractivity contribution in [2.24, 2.45) is 5.73 Å². The molecule has 118 valence electrons. The van der Waals surface area contributed by atoms with E-state index < -0.39 is 0 Å². The fourth-order valence-electron chi connectivity index (χ4n) is 2.57. The number of amides is 1. The molecular weight excluding hydrogens is 327 g/mol. The maximum atomic E-state index is 12.3. The zero-order valence-electron chi connectivity index (χ0n) is 12.1. The molecule has 1 amide bonds. The Bertz CT molecular complexity index is 461. The minimum Gasteiger partial charge on any atom is -0.348 e. The molecule has 0 aromatic heterocycles. The van der Waals surface area contributed by atoms with Gasteiger partial charge in [0.15, 0.2) is 0 Å². The Kier molecular flexibility index (Phi) is 7.34. The molecule has 1 unspecified atom stereocenters. The van der Waals surface area contributed by atoms with Crippen LogP contribution in [0.3, 0.4) is 0 Å². The van der Waals surface area contributed by atoms with Crippen LogP contribution in [-0.2, 0) is 4.79 Å². The van der Waals surface area contributed by atoms with Crippen molar-refractivity contribution in [3.05, 3.63) is 29.3 Å². The molecule has 1 aromatic carbocycles. The van der Waals surface area contributed by atoms with Gasteiger partial charge < -0.3 is 11.1 Å². The summed E-state index contributed by atoms with van der Waals surface area (Å²) < 4.78 is 0. The molecule has 2 rings (SSSR count). The van der Waals surface area contributed by atoms with Crippen LogP contribution in [0.15, 0.2) is 29.2 Å². The van der Waals surface area contributed by atoms with E-state index >= 15 is 0 Å². The lowest BCUT2D eigenvalue weighted by Crippen LogP contribution is -2.53. The standard InChI is InChI=1S/C15H21ClN2OS.ClH/c1-11(20-13-6-4-12(16)5-7-13)14(19)18-15(10-17)8-2-3-9-15;/h4-7,11H,2-3,8-10,17H2,1H3,(H,18,19);1H. The number of hydrogen-bond donors (Lipinski definition) is 2. The van der Waals surface area contributed by atoms with Crippen molar-refractivity contribution < 1.29 is 4.79 Å². The van der Waals surface area contributed by atoms with Gasteiger partial charge in [-0.15, -0.1) is 24.2 Å². The van der Waals surface area contributed by atoms with Gasteiger partial charge in [0.2, 0.25) is 5.91 Å². The summed E-state index contributed by atoms with van der Waals surface area (Å²) in [5.74, 6) is 0.0669. The number of nitrogens with two attached hydrogens (primary N) is 1. The number of carbonyl (C=O) groups is 1. The number of hydrogen-bond acceptors (Lipinski definition) is 3. The van der Waals surface area contributed by atoms with E-state index in [1.165, 1.54) is 0 Å². The lowest BCUT2D eigenvalue weighted by atomic mass is 9.98. The zero-order valence-corrected chi connectivity index (χ0v) is 14.5. The van der Waals surface area contributed by atoms with Crippen LogP contribution in [0, 0.1) is 0 Å². The third-order valence-corrected chi connectivity index (χ3v) is 5.20. The fourth-order valence-corrected chi connectivity index (χ4v) is 3.56. The average molecular weight is 349 g/mol. The number of rotatable bonds is 5. The van der Waals surface area contributed by atoms with E-state index in [0.29, 0.717) is 11.6 Å². The van der Waals surface area contributed by atoms with Crippen molar-refractivity contribution in [2.75, 3.05) is 6.54 Å². The van der Waals surface area contributed by atoms with Crippen molar-refractivity contribution in [2.45, 2.75) is 48.3 Å². The first kappa shape index (κ1) is 18.6. The summed E-state index contributed by atoms with van der Waals surface area (Å²) in [6.07, 6.45) is 4.29. The summed E-state index contributed by atoms with van der Waals surface area (Å²) >= 11 is 7.40. The highest BCUT2D eigenvalue weighted by atomic mass is 35.5. The van der Waals surface area contributed by atoms with E-state index in [2.05, 4.69) is 5.32 Å². The van der Waals surface area contributed by atoms with Gasteiger partial charge in [-0.25, -0.2) is 0 Å². The first-order valence-corrected chi connectivity index (χ1v) is 8.25. The zero-order chi connectivity index (χ0) is 14.6. The predicted octanol–water partition coefficient (Wildman–Crippen LogP) is 3.63. The molecule has 0 saturated heterocycles. The van der Waals surface area contributed by atoms with Gasteiger partial charge in [-0.1, -0.05) is 24.4 Å². The quantitative estimate of drug-likeness (QED) is 0.798. The molecule has 21 heavy (non-hydrogen) atoms. The minimum atomic E-state index is -0.175. The van der Waals surface area contributed by atoms with Crippen molar-refractivity contribution in [3.8, 4) is 0 Å². The van der Waals surface area contributed by atoms with Crippen LogP contribution < -0.4 is 11.1 Å². The summed E-state index contributed by atoms with van der Waals surface area (Å²) in [5.41, 5.74) is 5.68. The fraction of sp³-hybridized carbons (Fsp3) is 0.533. The second kappa shape index (κ2) is 8.28. The molecule has 0 bridgehead atoms. The lowest BCUT2D eigenvalue weighted by Gasteiger charge is -2.30. The maximum Gasteiger partial charge on any atom is 0.233 e. The Morgan fingerprint density at radius 2 is 1.95 bits per heavy atom. The molecule has 1 aliphatic carbocycles. The number of carbonyl (C=O) groups excluding carboxylic acids is 1. The molecule has 1 atom stereocenters. The molecular formula is C15H22Cl2N2OS. The Balaban J connectivity index is 0.00000220. The minimum absolute atomic E-state index is 0. The first-order valence-electron chi connectivity index (χ1n) is 6.99. The number of thioether (sulfide) groups is 1. The molecule has 3 N–H and O–H groups in total. The molecule has 1 fully saturated rings. The van der Waals surface area contributed by atoms with E-state index in [-0.39, 0.29) is 29.1 Å². The van der Waals surface area contributed by atoms with E-state index in [9.17, 15) is 4.79 Å². The molecule has 0 radical (unpaired) electrons. The van der Waals surface area contributed by atoms with E-state index in [1.807, 2.05) is 31.2 Å². The Hall–Kier alpha value is -0.420. The Morgan fingerprint density at radius 1 is 1.38 bits per heavy atom. The number of nitrogens with one attached hydrogen (secondary N) is 1. The van der Waals surface area contributed by atoms with Gasteiger partial charge in [0.1, 0.15) is 0 Å². The van der Waals surface area contributed by atoms with Crippen LogP contribution in [0.1, 0.15) is 32.6 Å². The first-order chi connectivity index (χ1) is 9.54. The average Bonchev–Trinajstić information content (AvgIpc) is 2.90. The topological polar surface area (TPSA) is 55.1 Å². The molecule has 1 saturated carbocycles. The highest BCUT2D eigenvalue weighted by Crippen LogP contribution is 2.30. The summed E-state index contributed by atoms with van der Waals surface area (Å²) in [7, 11) is 0. The Morgan fingerprint density at radius 3 is 2.48 bits per heavy atom. The van der Waals surface area contributed by atoms with Crippen LogP contribution in [-0.4, -0.2) is 23.2 Å². The normalized spacial score (nSPS) is 17.9. The van der Waals surface area contributed by atoms with Gasteiger partial charge in [-0.2, -0.15) is 0 Å². The monoisotopic (exact) mass is 348 g/mol. The van der Waals surface area contributed by atoms with Crippen molar-refractivity contribution in [1.82, 2.24) is 5.32 Å². The van der Waals surface area contributed by atoms with E-state index in [1.54, 1.807) is 11.8 Å². The number of benzene rings is 1. The molecule has 0 heterocycles. The molecule has 0 aliphatic heterocycles. The maximum absolute atomic E-state index is 12.3. The largest absolute Gasteiger partial charge is 0.348 e. The highest BCUT2D eigenvalue weighted by Gasteiger charge is 2.34. The summed E-state index contributed by atoms with van der Waals surface area (Å²) in [5, 5.41) is 3.73. The van der Waals surface area contributed by atoms with E-state index in [4.69, 9.17) is 17.3 Å². The molecule has 1 aliphatic rings. The van der Waals surface area contributed by atoms with Crippen molar-refractivity contribution >= 4 is 41.7 Å². The van der Waals surface area contributed by atoms with Gasteiger partial charge in [0.05, 0.1) is 10.8 Å². The second-order valence-electron chi connectivity index (χ2n) is 5.39. The van der Waals surface area contributed by atoms with Gasteiger partial charge in [0, 0.05) is 16.5 Å². The molecule has 3 nitrogen and oxygen atoms in total. The highest BCUT2D eigenvalue weighted by molar-refractivity contribution is 8.00. The predicted molar refractivity (Wildman–Crippen MR) is 92.4 cm³/mol. The molecule has 0 spiro atoms.